The first-order valence-corrected chi connectivity index (χ1v) is 12.6. The summed E-state index contributed by atoms with van der Waals surface area (Å²) in [5, 5.41) is 0. The second kappa shape index (κ2) is 18.9. The molecular weight excluding hydrogens is 388 g/mol. The zero-order valence-corrected chi connectivity index (χ0v) is 20.0. The van der Waals surface area contributed by atoms with Crippen LogP contribution in [0.2, 0.25) is 0 Å². The first-order valence-electron chi connectivity index (χ1n) is 12.6. The molecule has 0 heterocycles. The molecule has 0 fully saturated rings. The van der Waals surface area contributed by atoms with Gasteiger partial charge in [0.1, 0.15) is 12.2 Å². The number of ether oxygens (including phenoxy) is 2. The third kappa shape index (κ3) is 14.7. The lowest BCUT2D eigenvalue weighted by atomic mass is 10.0. The Morgan fingerprint density at radius 3 is 1.65 bits per heavy atom. The zero-order chi connectivity index (χ0) is 22.6. The zero-order valence-electron chi connectivity index (χ0n) is 20.0. The molecule has 1 rings (SSSR count). The molecular formula is C27H44O4. The van der Waals surface area contributed by atoms with E-state index >= 15 is 0 Å². The van der Waals surface area contributed by atoms with E-state index < -0.39 is 5.97 Å². The second-order valence-electron chi connectivity index (χ2n) is 8.37. The van der Waals surface area contributed by atoms with Crippen molar-refractivity contribution in [3.8, 4) is 5.75 Å². The molecule has 31 heavy (non-hydrogen) atoms. The molecule has 0 aromatic heterocycles. The van der Waals surface area contributed by atoms with Gasteiger partial charge in [-0.1, -0.05) is 90.4 Å². The summed E-state index contributed by atoms with van der Waals surface area (Å²) in [6, 6.07) is 7.01. The van der Waals surface area contributed by atoms with Crippen LogP contribution in [-0.2, 0) is 9.53 Å². The van der Waals surface area contributed by atoms with E-state index in [1.807, 2.05) is 0 Å². The maximum absolute atomic E-state index is 12.0. The minimum absolute atomic E-state index is 0.215. The Morgan fingerprint density at radius 2 is 1.16 bits per heavy atom. The molecule has 0 atom stereocenters. The lowest BCUT2D eigenvalue weighted by molar-refractivity contribution is -0.141. The van der Waals surface area contributed by atoms with Crippen molar-refractivity contribution in [1.82, 2.24) is 0 Å². The van der Waals surface area contributed by atoms with Gasteiger partial charge in [-0.05, 0) is 37.6 Å². The summed E-state index contributed by atoms with van der Waals surface area (Å²) in [5.74, 6) is 0.0602. The van der Waals surface area contributed by atoms with Crippen LogP contribution in [-0.4, -0.2) is 25.0 Å². The van der Waals surface area contributed by atoms with Gasteiger partial charge in [-0.3, -0.25) is 9.59 Å². The number of esters is 1. The Kier molecular flexibility index (Phi) is 16.6. The van der Waals surface area contributed by atoms with Crippen molar-refractivity contribution in [1.29, 1.82) is 0 Å². The highest BCUT2D eigenvalue weighted by atomic mass is 16.5. The van der Waals surface area contributed by atoms with E-state index in [-0.39, 0.29) is 18.8 Å². The molecule has 0 aliphatic rings. The number of hydrogen-bond acceptors (Lipinski definition) is 4. The van der Waals surface area contributed by atoms with Crippen molar-refractivity contribution >= 4 is 11.8 Å². The Bertz CT molecular complexity index is 579. The number of Topliss-reactive ketones (excluding diaryl/α,β-unsaturated/α-hetero) is 1. The van der Waals surface area contributed by atoms with Gasteiger partial charge in [0.05, 0.1) is 13.2 Å². The SMILES string of the molecule is CCCCCCCCCCCCCCCCOc1ccc(C(=O)CC(=O)OCC)cc1. The van der Waals surface area contributed by atoms with Gasteiger partial charge in [-0.2, -0.15) is 0 Å². The number of benzene rings is 1. The smallest absolute Gasteiger partial charge is 0.313 e. The number of hydrogen-bond donors (Lipinski definition) is 0. The van der Waals surface area contributed by atoms with Crippen LogP contribution >= 0.6 is 0 Å². The van der Waals surface area contributed by atoms with Gasteiger partial charge >= 0.3 is 5.97 Å². The first-order chi connectivity index (χ1) is 15.2. The van der Waals surface area contributed by atoms with Gasteiger partial charge in [0.2, 0.25) is 0 Å². The largest absolute Gasteiger partial charge is 0.494 e. The fourth-order valence-electron chi connectivity index (χ4n) is 3.67. The molecule has 1 aromatic carbocycles. The maximum atomic E-state index is 12.0. The molecule has 0 aliphatic carbocycles. The molecule has 0 saturated heterocycles. The molecule has 0 saturated carbocycles. The molecule has 1 aromatic rings. The quantitative estimate of drug-likeness (QED) is 0.0917. The van der Waals surface area contributed by atoms with Crippen LogP contribution in [0.4, 0.5) is 0 Å². The van der Waals surface area contributed by atoms with E-state index in [0.717, 1.165) is 12.2 Å². The van der Waals surface area contributed by atoms with Crippen LogP contribution in [0.15, 0.2) is 24.3 Å². The number of carbonyl (C=O) groups excluding carboxylic acids is 2. The van der Waals surface area contributed by atoms with E-state index in [4.69, 9.17) is 9.47 Å². The predicted octanol–water partition coefficient (Wildman–Crippen LogP) is 7.68. The Balaban J connectivity index is 1.96. The van der Waals surface area contributed by atoms with Crippen LogP contribution in [0, 0.1) is 0 Å². The summed E-state index contributed by atoms with van der Waals surface area (Å²) < 4.78 is 10.6. The minimum Gasteiger partial charge on any atom is -0.494 e. The predicted molar refractivity (Wildman–Crippen MR) is 128 cm³/mol. The van der Waals surface area contributed by atoms with Crippen molar-refractivity contribution in [3.05, 3.63) is 29.8 Å². The van der Waals surface area contributed by atoms with Crippen LogP contribution in [0.3, 0.4) is 0 Å². The average Bonchev–Trinajstić information content (AvgIpc) is 2.77. The minimum atomic E-state index is -0.481. The molecule has 0 N–H and O–H groups in total. The van der Waals surface area contributed by atoms with Crippen molar-refractivity contribution in [2.45, 2.75) is 110 Å². The van der Waals surface area contributed by atoms with E-state index in [1.54, 1.807) is 31.2 Å². The fourth-order valence-corrected chi connectivity index (χ4v) is 3.67. The molecule has 4 heteroatoms. The summed E-state index contributed by atoms with van der Waals surface area (Å²) in [4.78, 5) is 23.4. The molecule has 0 radical (unpaired) electrons. The number of ketones is 1. The van der Waals surface area contributed by atoms with Gasteiger partial charge in [0.25, 0.3) is 0 Å². The maximum Gasteiger partial charge on any atom is 0.313 e. The third-order valence-corrected chi connectivity index (χ3v) is 5.55. The Labute approximate surface area is 190 Å². The molecule has 0 spiro atoms. The average molecular weight is 433 g/mol. The molecule has 0 bridgehead atoms. The van der Waals surface area contributed by atoms with Gasteiger partial charge < -0.3 is 9.47 Å². The van der Waals surface area contributed by atoms with Crippen molar-refractivity contribution < 1.29 is 19.1 Å². The van der Waals surface area contributed by atoms with Gasteiger partial charge in [-0.15, -0.1) is 0 Å². The fraction of sp³-hybridized carbons (Fsp3) is 0.704. The molecule has 0 aliphatic heterocycles. The summed E-state index contributed by atoms with van der Waals surface area (Å²) in [6.07, 6.45) is 18.6. The van der Waals surface area contributed by atoms with Crippen LogP contribution in [0.1, 0.15) is 121 Å². The summed E-state index contributed by atoms with van der Waals surface area (Å²) in [6.45, 7) is 4.99. The van der Waals surface area contributed by atoms with Gasteiger partial charge in [0.15, 0.2) is 5.78 Å². The summed E-state index contributed by atoms with van der Waals surface area (Å²) in [7, 11) is 0. The first kappa shape index (κ1) is 27.2. The summed E-state index contributed by atoms with van der Waals surface area (Å²) in [5.41, 5.74) is 0.511. The summed E-state index contributed by atoms with van der Waals surface area (Å²) >= 11 is 0. The normalized spacial score (nSPS) is 10.8. The van der Waals surface area contributed by atoms with Gasteiger partial charge in [0, 0.05) is 5.56 Å². The van der Waals surface area contributed by atoms with Crippen molar-refractivity contribution in [2.75, 3.05) is 13.2 Å². The molecule has 4 nitrogen and oxygen atoms in total. The van der Waals surface area contributed by atoms with E-state index in [1.165, 1.54) is 83.5 Å². The van der Waals surface area contributed by atoms with Crippen LogP contribution < -0.4 is 4.74 Å². The molecule has 0 unspecified atom stereocenters. The number of rotatable bonds is 20. The van der Waals surface area contributed by atoms with Crippen LogP contribution in [0.5, 0.6) is 5.75 Å². The highest BCUT2D eigenvalue weighted by molar-refractivity contribution is 6.05. The third-order valence-electron chi connectivity index (χ3n) is 5.55. The highest BCUT2D eigenvalue weighted by Gasteiger charge is 2.12. The lowest BCUT2D eigenvalue weighted by Crippen LogP contribution is -2.11. The van der Waals surface area contributed by atoms with Crippen molar-refractivity contribution in [3.63, 3.8) is 0 Å². The number of unbranched alkanes of at least 4 members (excludes halogenated alkanes) is 13. The monoisotopic (exact) mass is 432 g/mol. The Morgan fingerprint density at radius 1 is 0.677 bits per heavy atom. The van der Waals surface area contributed by atoms with Crippen LogP contribution in [0.25, 0.3) is 0 Å². The molecule has 176 valence electrons. The molecule has 0 amide bonds. The van der Waals surface area contributed by atoms with Gasteiger partial charge in [-0.25, -0.2) is 0 Å². The highest BCUT2D eigenvalue weighted by Crippen LogP contribution is 2.16. The van der Waals surface area contributed by atoms with E-state index in [2.05, 4.69) is 6.92 Å². The topological polar surface area (TPSA) is 52.6 Å². The Hall–Kier alpha value is -1.84. The van der Waals surface area contributed by atoms with E-state index in [9.17, 15) is 9.59 Å². The lowest BCUT2D eigenvalue weighted by Gasteiger charge is -2.07. The van der Waals surface area contributed by atoms with E-state index in [0.29, 0.717) is 12.2 Å². The van der Waals surface area contributed by atoms with Crippen molar-refractivity contribution in [2.24, 2.45) is 0 Å². The number of carbonyl (C=O) groups is 2. The second-order valence-corrected chi connectivity index (χ2v) is 8.37. The standard InChI is InChI=1S/C27H44O4/c1-3-5-6-7-8-9-10-11-12-13-14-15-16-17-22-31-25-20-18-24(19-21-25)26(28)23-27(29)30-4-2/h18-21H,3-17,22-23H2,1-2H3.